The molecule has 0 aromatic carbocycles. The Morgan fingerprint density at radius 3 is 2.73 bits per heavy atom. The molecule has 4 nitrogen and oxygen atoms in total. The molecular formula is C11H20N2O2. The van der Waals surface area contributed by atoms with E-state index in [1.165, 1.54) is 0 Å². The molecule has 0 rings (SSSR count). The molecule has 86 valence electrons. The predicted molar refractivity (Wildman–Crippen MR) is 58.1 cm³/mol. The van der Waals surface area contributed by atoms with Crippen LogP contribution >= 0.6 is 0 Å². The second-order valence-corrected chi connectivity index (χ2v) is 3.58. The number of carbonyl (C=O) groups excluding carboxylic acids is 1. The van der Waals surface area contributed by atoms with Crippen LogP contribution in [0, 0.1) is 17.2 Å². The highest BCUT2D eigenvalue weighted by Crippen LogP contribution is 2.08. The van der Waals surface area contributed by atoms with Gasteiger partial charge in [-0.1, -0.05) is 13.3 Å². The molecule has 0 aliphatic rings. The maximum absolute atomic E-state index is 11.7. The standard InChI is InChI=1S/C11H20N2O2/c1-4-6-10(9-12)11(14)13(2)7-5-8-15-3/h10H,4-8H2,1-3H3. The summed E-state index contributed by atoms with van der Waals surface area (Å²) in [6, 6.07) is 2.05. The van der Waals surface area contributed by atoms with Gasteiger partial charge in [0, 0.05) is 27.3 Å². The number of methoxy groups -OCH3 is 1. The second-order valence-electron chi connectivity index (χ2n) is 3.58. The Kier molecular flexibility index (Phi) is 7.65. The molecule has 0 saturated heterocycles. The van der Waals surface area contributed by atoms with Crippen molar-refractivity contribution < 1.29 is 9.53 Å². The molecule has 0 aromatic heterocycles. The van der Waals surface area contributed by atoms with Gasteiger partial charge in [0.1, 0.15) is 5.92 Å². The first-order valence-electron chi connectivity index (χ1n) is 5.30. The van der Waals surface area contributed by atoms with E-state index in [2.05, 4.69) is 6.07 Å². The maximum Gasteiger partial charge on any atom is 0.239 e. The maximum atomic E-state index is 11.7. The minimum Gasteiger partial charge on any atom is -0.385 e. The first-order valence-corrected chi connectivity index (χ1v) is 5.30. The van der Waals surface area contributed by atoms with E-state index < -0.39 is 5.92 Å². The summed E-state index contributed by atoms with van der Waals surface area (Å²) < 4.78 is 4.90. The molecule has 0 spiro atoms. The second kappa shape index (κ2) is 8.25. The highest BCUT2D eigenvalue weighted by Gasteiger charge is 2.20. The minimum absolute atomic E-state index is 0.0737. The molecule has 1 amide bonds. The molecule has 0 aliphatic carbocycles. The topological polar surface area (TPSA) is 53.3 Å². The van der Waals surface area contributed by atoms with Crippen LogP contribution < -0.4 is 0 Å². The summed E-state index contributed by atoms with van der Waals surface area (Å²) in [5.74, 6) is -0.557. The highest BCUT2D eigenvalue weighted by atomic mass is 16.5. The van der Waals surface area contributed by atoms with Crippen molar-refractivity contribution >= 4 is 5.91 Å². The largest absolute Gasteiger partial charge is 0.385 e. The van der Waals surface area contributed by atoms with Crippen molar-refractivity contribution in [2.45, 2.75) is 26.2 Å². The van der Waals surface area contributed by atoms with Crippen LogP contribution in [0.5, 0.6) is 0 Å². The molecule has 0 heterocycles. The van der Waals surface area contributed by atoms with Crippen LogP contribution in [0.3, 0.4) is 0 Å². The zero-order chi connectivity index (χ0) is 11.7. The Morgan fingerprint density at radius 1 is 1.60 bits per heavy atom. The van der Waals surface area contributed by atoms with E-state index in [1.54, 1.807) is 19.1 Å². The molecule has 0 aliphatic heterocycles. The monoisotopic (exact) mass is 212 g/mol. The van der Waals surface area contributed by atoms with E-state index in [-0.39, 0.29) is 5.91 Å². The molecule has 0 saturated carbocycles. The summed E-state index contributed by atoms with van der Waals surface area (Å²) in [5, 5.41) is 8.83. The Morgan fingerprint density at radius 2 is 2.27 bits per heavy atom. The van der Waals surface area contributed by atoms with Crippen molar-refractivity contribution in [1.82, 2.24) is 4.90 Å². The summed E-state index contributed by atoms with van der Waals surface area (Å²) in [6.45, 7) is 3.26. The van der Waals surface area contributed by atoms with Crippen molar-refractivity contribution in [2.24, 2.45) is 5.92 Å². The molecule has 0 radical (unpaired) electrons. The first-order chi connectivity index (χ1) is 7.17. The quantitative estimate of drug-likeness (QED) is 0.600. The van der Waals surface area contributed by atoms with E-state index in [9.17, 15) is 4.79 Å². The first kappa shape index (κ1) is 13.9. The molecular weight excluding hydrogens is 192 g/mol. The van der Waals surface area contributed by atoms with Crippen LogP contribution in [0.2, 0.25) is 0 Å². The molecule has 15 heavy (non-hydrogen) atoms. The molecule has 0 N–H and O–H groups in total. The van der Waals surface area contributed by atoms with Crippen molar-refractivity contribution in [1.29, 1.82) is 5.26 Å². The van der Waals surface area contributed by atoms with Crippen molar-refractivity contribution in [2.75, 3.05) is 27.3 Å². The Hall–Kier alpha value is -1.08. The molecule has 1 unspecified atom stereocenters. The van der Waals surface area contributed by atoms with Crippen LogP contribution in [0.4, 0.5) is 0 Å². The van der Waals surface area contributed by atoms with Crippen LogP contribution in [0.1, 0.15) is 26.2 Å². The highest BCUT2D eigenvalue weighted by molar-refractivity contribution is 5.80. The molecule has 4 heteroatoms. The van der Waals surface area contributed by atoms with Crippen LogP contribution in [0.25, 0.3) is 0 Å². The van der Waals surface area contributed by atoms with E-state index in [1.807, 2.05) is 6.92 Å². The average Bonchev–Trinajstić information content (AvgIpc) is 2.25. The van der Waals surface area contributed by atoms with Crippen LogP contribution in [-0.2, 0) is 9.53 Å². The van der Waals surface area contributed by atoms with Gasteiger partial charge in [-0.25, -0.2) is 0 Å². The molecule has 0 aromatic rings. The lowest BCUT2D eigenvalue weighted by molar-refractivity contribution is -0.132. The van der Waals surface area contributed by atoms with Gasteiger partial charge in [-0.2, -0.15) is 5.26 Å². The van der Waals surface area contributed by atoms with Crippen molar-refractivity contribution in [3.05, 3.63) is 0 Å². The average molecular weight is 212 g/mol. The number of nitrogens with zero attached hydrogens (tertiary/aromatic N) is 2. The van der Waals surface area contributed by atoms with Crippen molar-refractivity contribution in [3.8, 4) is 6.07 Å². The summed E-state index contributed by atoms with van der Waals surface area (Å²) in [4.78, 5) is 13.3. The van der Waals surface area contributed by atoms with Gasteiger partial charge in [0.2, 0.25) is 5.91 Å². The fourth-order valence-electron chi connectivity index (χ4n) is 1.35. The summed E-state index contributed by atoms with van der Waals surface area (Å²) in [5.41, 5.74) is 0. The fraction of sp³-hybridized carbons (Fsp3) is 0.818. The van der Waals surface area contributed by atoms with Gasteiger partial charge in [-0.05, 0) is 12.8 Å². The van der Waals surface area contributed by atoms with Crippen molar-refractivity contribution in [3.63, 3.8) is 0 Å². The number of amides is 1. The third-order valence-electron chi connectivity index (χ3n) is 2.25. The Balaban J connectivity index is 4.00. The SMILES string of the molecule is CCCC(C#N)C(=O)N(C)CCCOC. The number of rotatable bonds is 7. The van der Waals surface area contributed by atoms with Crippen LogP contribution in [0.15, 0.2) is 0 Å². The third kappa shape index (κ3) is 5.38. The number of hydrogen-bond acceptors (Lipinski definition) is 3. The van der Waals surface area contributed by atoms with E-state index in [4.69, 9.17) is 10.00 Å². The fourth-order valence-corrected chi connectivity index (χ4v) is 1.35. The number of ether oxygens (including phenoxy) is 1. The van der Waals surface area contributed by atoms with Gasteiger partial charge in [0.05, 0.1) is 6.07 Å². The summed E-state index contributed by atoms with van der Waals surface area (Å²) >= 11 is 0. The molecule has 1 atom stereocenters. The van der Waals surface area contributed by atoms with Gasteiger partial charge in [-0.3, -0.25) is 4.79 Å². The number of nitriles is 1. The van der Waals surface area contributed by atoms with Crippen LogP contribution in [-0.4, -0.2) is 38.1 Å². The third-order valence-corrected chi connectivity index (χ3v) is 2.25. The predicted octanol–water partition coefficient (Wildman–Crippen LogP) is 1.42. The van der Waals surface area contributed by atoms with Gasteiger partial charge in [0.25, 0.3) is 0 Å². The molecule has 0 fully saturated rings. The lowest BCUT2D eigenvalue weighted by Crippen LogP contribution is -2.33. The Bertz CT molecular complexity index is 223. The van der Waals surface area contributed by atoms with Gasteiger partial charge in [0.15, 0.2) is 0 Å². The van der Waals surface area contributed by atoms with E-state index >= 15 is 0 Å². The summed E-state index contributed by atoms with van der Waals surface area (Å²) in [6.07, 6.45) is 2.31. The number of hydrogen-bond donors (Lipinski definition) is 0. The van der Waals surface area contributed by atoms with Gasteiger partial charge in [-0.15, -0.1) is 0 Å². The zero-order valence-corrected chi connectivity index (χ0v) is 9.82. The van der Waals surface area contributed by atoms with E-state index in [0.717, 1.165) is 12.8 Å². The van der Waals surface area contributed by atoms with Gasteiger partial charge >= 0.3 is 0 Å². The smallest absolute Gasteiger partial charge is 0.239 e. The van der Waals surface area contributed by atoms with Gasteiger partial charge < -0.3 is 9.64 Å². The molecule has 0 bridgehead atoms. The summed E-state index contributed by atoms with van der Waals surface area (Å²) in [7, 11) is 3.37. The minimum atomic E-state index is -0.484. The zero-order valence-electron chi connectivity index (χ0n) is 9.82. The Labute approximate surface area is 91.8 Å². The lowest BCUT2D eigenvalue weighted by Gasteiger charge is -2.19. The number of carbonyl (C=O) groups is 1. The van der Waals surface area contributed by atoms with E-state index in [0.29, 0.717) is 19.6 Å². The normalized spacial score (nSPS) is 11.9. The lowest BCUT2D eigenvalue weighted by atomic mass is 10.0.